The zero-order chi connectivity index (χ0) is 15.4. The SMILES string of the molecule is CC(C)(C)CC(C)(C)CNC(=O)OCC1COC(=O)O1. The molecule has 0 radical (unpaired) electrons. The third-order valence-electron chi connectivity index (χ3n) is 2.77. The normalized spacial score (nSPS) is 19.2. The summed E-state index contributed by atoms with van der Waals surface area (Å²) in [5, 5.41) is 2.74. The van der Waals surface area contributed by atoms with E-state index in [0.717, 1.165) is 6.42 Å². The van der Waals surface area contributed by atoms with Crippen molar-refractivity contribution in [3.05, 3.63) is 0 Å². The molecule has 6 heteroatoms. The van der Waals surface area contributed by atoms with Crippen molar-refractivity contribution in [2.45, 2.75) is 47.1 Å². The highest BCUT2D eigenvalue weighted by molar-refractivity contribution is 5.67. The number of hydrogen-bond donors (Lipinski definition) is 1. The highest BCUT2D eigenvalue weighted by atomic mass is 16.8. The molecule has 1 fully saturated rings. The molecule has 0 spiro atoms. The molecule has 1 N–H and O–H groups in total. The summed E-state index contributed by atoms with van der Waals surface area (Å²) < 4.78 is 14.3. The van der Waals surface area contributed by atoms with Crippen LogP contribution in [0, 0.1) is 10.8 Å². The first kappa shape index (κ1) is 16.6. The minimum atomic E-state index is -0.717. The van der Waals surface area contributed by atoms with Gasteiger partial charge in [-0.2, -0.15) is 0 Å². The Morgan fingerprint density at radius 2 is 2.00 bits per heavy atom. The third-order valence-corrected chi connectivity index (χ3v) is 2.77. The number of cyclic esters (lactones) is 2. The van der Waals surface area contributed by atoms with Gasteiger partial charge < -0.3 is 19.5 Å². The van der Waals surface area contributed by atoms with E-state index in [0.29, 0.717) is 6.54 Å². The van der Waals surface area contributed by atoms with Gasteiger partial charge in [0.2, 0.25) is 0 Å². The zero-order valence-corrected chi connectivity index (χ0v) is 12.9. The number of carbonyl (C=O) groups excluding carboxylic acids is 2. The number of ether oxygens (including phenoxy) is 3. The summed E-state index contributed by atoms with van der Waals surface area (Å²) in [4.78, 5) is 22.3. The van der Waals surface area contributed by atoms with Crippen LogP contribution in [-0.2, 0) is 14.2 Å². The van der Waals surface area contributed by atoms with Gasteiger partial charge in [0.05, 0.1) is 0 Å². The standard InChI is InChI=1S/C14H25NO5/c1-13(2,3)8-14(4,5)9-15-11(16)18-6-10-7-19-12(17)20-10/h10H,6-9H2,1-5H3,(H,15,16). The van der Waals surface area contributed by atoms with E-state index < -0.39 is 18.4 Å². The van der Waals surface area contributed by atoms with Gasteiger partial charge in [-0.1, -0.05) is 34.6 Å². The fourth-order valence-electron chi connectivity index (χ4n) is 2.48. The summed E-state index contributed by atoms with van der Waals surface area (Å²) in [6.07, 6.45) is -0.745. The van der Waals surface area contributed by atoms with Crippen molar-refractivity contribution in [3.63, 3.8) is 0 Å². The van der Waals surface area contributed by atoms with Gasteiger partial charge in [0.1, 0.15) is 13.2 Å². The Balaban J connectivity index is 2.23. The summed E-state index contributed by atoms with van der Waals surface area (Å²) in [7, 11) is 0. The predicted molar refractivity (Wildman–Crippen MR) is 73.4 cm³/mol. The van der Waals surface area contributed by atoms with Crippen molar-refractivity contribution >= 4 is 12.2 Å². The number of amides is 1. The van der Waals surface area contributed by atoms with Crippen LogP contribution in [0.25, 0.3) is 0 Å². The molecule has 1 aliphatic heterocycles. The molecule has 0 aromatic carbocycles. The number of alkyl carbamates (subject to hydrolysis) is 1. The van der Waals surface area contributed by atoms with Crippen LogP contribution in [-0.4, -0.2) is 38.1 Å². The predicted octanol–water partition coefficient (Wildman–Crippen LogP) is 2.71. The first-order valence-corrected chi connectivity index (χ1v) is 6.81. The van der Waals surface area contributed by atoms with Crippen molar-refractivity contribution < 1.29 is 23.8 Å². The van der Waals surface area contributed by atoms with E-state index >= 15 is 0 Å². The van der Waals surface area contributed by atoms with E-state index in [9.17, 15) is 9.59 Å². The van der Waals surface area contributed by atoms with E-state index in [1.165, 1.54) is 0 Å². The minimum absolute atomic E-state index is 0.0112. The minimum Gasteiger partial charge on any atom is -0.445 e. The van der Waals surface area contributed by atoms with E-state index in [1.54, 1.807) is 0 Å². The largest absolute Gasteiger partial charge is 0.508 e. The van der Waals surface area contributed by atoms with Crippen LogP contribution in [0.5, 0.6) is 0 Å². The lowest BCUT2D eigenvalue weighted by Gasteiger charge is -2.32. The number of nitrogens with one attached hydrogen (secondary N) is 1. The van der Waals surface area contributed by atoms with Gasteiger partial charge in [0.15, 0.2) is 6.10 Å². The average molecular weight is 287 g/mol. The Morgan fingerprint density at radius 1 is 1.35 bits per heavy atom. The maximum Gasteiger partial charge on any atom is 0.508 e. The van der Waals surface area contributed by atoms with Gasteiger partial charge in [-0.05, 0) is 17.3 Å². The van der Waals surface area contributed by atoms with Crippen LogP contribution >= 0.6 is 0 Å². The quantitative estimate of drug-likeness (QED) is 0.787. The summed E-state index contributed by atoms with van der Waals surface area (Å²) in [6, 6.07) is 0. The molecule has 1 aliphatic rings. The Kier molecular flexibility index (Phi) is 5.25. The first-order valence-electron chi connectivity index (χ1n) is 6.81. The van der Waals surface area contributed by atoms with Crippen LogP contribution in [0.3, 0.4) is 0 Å². The molecule has 0 saturated carbocycles. The van der Waals surface area contributed by atoms with Crippen LogP contribution in [0.1, 0.15) is 41.0 Å². The molecule has 116 valence electrons. The molecule has 0 aromatic heterocycles. The van der Waals surface area contributed by atoms with E-state index in [1.807, 2.05) is 0 Å². The summed E-state index contributed by atoms with van der Waals surface area (Å²) in [5.74, 6) is 0. The molecule has 1 unspecified atom stereocenters. The molecule has 1 heterocycles. The molecule has 1 atom stereocenters. The Labute approximate surface area is 120 Å². The summed E-state index contributed by atoms with van der Waals surface area (Å²) >= 11 is 0. The van der Waals surface area contributed by atoms with Crippen LogP contribution in [0.15, 0.2) is 0 Å². The Morgan fingerprint density at radius 3 is 2.50 bits per heavy atom. The molecular formula is C14H25NO5. The van der Waals surface area contributed by atoms with Crippen LogP contribution in [0.2, 0.25) is 0 Å². The highest BCUT2D eigenvalue weighted by Gasteiger charge is 2.28. The van der Waals surface area contributed by atoms with Gasteiger partial charge in [0, 0.05) is 6.54 Å². The smallest absolute Gasteiger partial charge is 0.445 e. The van der Waals surface area contributed by atoms with Gasteiger partial charge in [-0.15, -0.1) is 0 Å². The van der Waals surface area contributed by atoms with E-state index in [2.05, 4.69) is 44.7 Å². The Bertz CT molecular complexity index is 359. The molecule has 0 aromatic rings. The van der Waals surface area contributed by atoms with Crippen molar-refractivity contribution in [1.29, 1.82) is 0 Å². The van der Waals surface area contributed by atoms with Crippen molar-refractivity contribution in [3.8, 4) is 0 Å². The topological polar surface area (TPSA) is 73.9 Å². The maximum atomic E-state index is 11.6. The van der Waals surface area contributed by atoms with Gasteiger partial charge in [0.25, 0.3) is 0 Å². The molecule has 0 aliphatic carbocycles. The summed E-state index contributed by atoms with van der Waals surface area (Å²) in [5.41, 5.74) is 0.185. The fraction of sp³-hybridized carbons (Fsp3) is 0.857. The van der Waals surface area contributed by atoms with Gasteiger partial charge in [-0.25, -0.2) is 9.59 Å². The number of hydrogen-bond acceptors (Lipinski definition) is 5. The fourth-order valence-corrected chi connectivity index (χ4v) is 2.48. The molecule has 0 bridgehead atoms. The van der Waals surface area contributed by atoms with Crippen molar-refractivity contribution in [2.24, 2.45) is 10.8 Å². The van der Waals surface area contributed by atoms with Crippen LogP contribution in [0.4, 0.5) is 9.59 Å². The lowest BCUT2D eigenvalue weighted by atomic mass is 9.76. The lowest BCUT2D eigenvalue weighted by Crippen LogP contribution is -2.37. The Hall–Kier alpha value is -1.46. The first-order chi connectivity index (χ1) is 9.07. The van der Waals surface area contributed by atoms with E-state index in [-0.39, 0.29) is 24.0 Å². The molecule has 6 nitrogen and oxygen atoms in total. The molecule has 1 amide bonds. The average Bonchev–Trinajstić information content (AvgIpc) is 2.66. The molecular weight excluding hydrogens is 262 g/mol. The second kappa shape index (κ2) is 6.33. The van der Waals surface area contributed by atoms with Crippen molar-refractivity contribution in [2.75, 3.05) is 19.8 Å². The summed E-state index contributed by atoms with van der Waals surface area (Å²) in [6.45, 7) is 11.4. The monoisotopic (exact) mass is 287 g/mol. The van der Waals surface area contributed by atoms with Crippen LogP contribution < -0.4 is 5.32 Å². The van der Waals surface area contributed by atoms with Crippen molar-refractivity contribution in [1.82, 2.24) is 5.32 Å². The number of rotatable bonds is 5. The molecule has 20 heavy (non-hydrogen) atoms. The molecule has 1 saturated heterocycles. The maximum absolute atomic E-state index is 11.6. The molecule has 1 rings (SSSR count). The van der Waals surface area contributed by atoms with Gasteiger partial charge >= 0.3 is 12.2 Å². The van der Waals surface area contributed by atoms with E-state index in [4.69, 9.17) is 9.47 Å². The second-order valence-electron chi connectivity index (χ2n) is 7.15. The number of carbonyl (C=O) groups is 2. The van der Waals surface area contributed by atoms with Gasteiger partial charge in [-0.3, -0.25) is 0 Å². The zero-order valence-electron chi connectivity index (χ0n) is 12.9. The third kappa shape index (κ3) is 6.63. The highest BCUT2D eigenvalue weighted by Crippen LogP contribution is 2.32. The lowest BCUT2D eigenvalue weighted by molar-refractivity contribution is 0.0707. The second-order valence-corrected chi connectivity index (χ2v) is 7.15.